The SMILES string of the molecule is O=C(O)c1cc(N2CCC(C(F)(F)F)C2)c2c(C3CCC3)nn(-c3ccccc3)c2n1. The van der Waals surface area contributed by atoms with E-state index in [4.69, 9.17) is 5.10 Å². The zero-order valence-electron chi connectivity index (χ0n) is 16.6. The first-order valence-corrected chi connectivity index (χ1v) is 10.4. The van der Waals surface area contributed by atoms with Crippen LogP contribution < -0.4 is 4.90 Å². The maximum atomic E-state index is 13.3. The summed E-state index contributed by atoms with van der Waals surface area (Å²) in [4.78, 5) is 17.8. The molecule has 2 aliphatic rings. The van der Waals surface area contributed by atoms with Gasteiger partial charge < -0.3 is 10.0 Å². The van der Waals surface area contributed by atoms with Crippen molar-refractivity contribution < 1.29 is 23.1 Å². The number of hydrogen-bond donors (Lipinski definition) is 1. The van der Waals surface area contributed by atoms with Crippen LogP contribution in [0.25, 0.3) is 16.7 Å². The number of carbonyl (C=O) groups is 1. The number of aromatic nitrogens is 3. The minimum atomic E-state index is -4.28. The number of carboxylic acids is 1. The molecular formula is C22H21F3N4O2. The van der Waals surface area contributed by atoms with Crippen LogP contribution in [0.4, 0.5) is 18.9 Å². The van der Waals surface area contributed by atoms with E-state index in [9.17, 15) is 23.1 Å². The maximum absolute atomic E-state index is 13.3. The Labute approximate surface area is 176 Å². The van der Waals surface area contributed by atoms with Gasteiger partial charge in [-0.15, -0.1) is 0 Å². The summed E-state index contributed by atoms with van der Waals surface area (Å²) in [6.07, 6.45) is -1.32. The van der Waals surface area contributed by atoms with Crippen LogP contribution in [0.2, 0.25) is 0 Å². The van der Waals surface area contributed by atoms with E-state index < -0.39 is 18.1 Å². The Kier molecular flexibility index (Phi) is 4.64. The van der Waals surface area contributed by atoms with Crippen LogP contribution in [-0.4, -0.2) is 45.1 Å². The molecule has 0 radical (unpaired) electrons. The van der Waals surface area contributed by atoms with Crippen molar-refractivity contribution in [2.45, 2.75) is 37.8 Å². The Bertz CT molecular complexity index is 1140. The summed E-state index contributed by atoms with van der Waals surface area (Å²) in [6, 6.07) is 10.7. The third-order valence-corrected chi connectivity index (χ3v) is 6.35. The molecule has 1 unspecified atom stereocenters. The molecule has 1 aliphatic heterocycles. The van der Waals surface area contributed by atoms with Crippen LogP contribution in [0.3, 0.4) is 0 Å². The fraction of sp³-hybridized carbons (Fsp3) is 0.409. The fourth-order valence-corrected chi connectivity index (χ4v) is 4.44. The van der Waals surface area contributed by atoms with Gasteiger partial charge in [0.2, 0.25) is 0 Å². The molecule has 2 fully saturated rings. The number of anilines is 1. The molecule has 3 heterocycles. The van der Waals surface area contributed by atoms with E-state index in [1.54, 1.807) is 9.58 Å². The largest absolute Gasteiger partial charge is 0.477 e. The molecule has 2 aromatic heterocycles. The summed E-state index contributed by atoms with van der Waals surface area (Å²) < 4.78 is 41.6. The van der Waals surface area contributed by atoms with E-state index in [-0.39, 0.29) is 31.1 Å². The number of halogens is 3. The van der Waals surface area contributed by atoms with Crippen molar-refractivity contribution in [3.8, 4) is 5.69 Å². The molecule has 0 bridgehead atoms. The van der Waals surface area contributed by atoms with Crippen molar-refractivity contribution in [2.75, 3.05) is 18.0 Å². The van der Waals surface area contributed by atoms with E-state index in [0.717, 1.165) is 30.6 Å². The fourth-order valence-electron chi connectivity index (χ4n) is 4.44. The molecule has 1 N–H and O–H groups in total. The summed E-state index contributed by atoms with van der Waals surface area (Å²) in [5.74, 6) is -2.45. The predicted molar refractivity (Wildman–Crippen MR) is 109 cm³/mol. The summed E-state index contributed by atoms with van der Waals surface area (Å²) in [5.41, 5.74) is 2.18. The first-order chi connectivity index (χ1) is 14.8. The zero-order valence-corrected chi connectivity index (χ0v) is 16.6. The molecule has 1 aliphatic carbocycles. The highest BCUT2D eigenvalue weighted by Gasteiger charge is 2.44. The highest BCUT2D eigenvalue weighted by molar-refractivity contribution is 5.98. The van der Waals surface area contributed by atoms with Crippen LogP contribution in [0.1, 0.15) is 47.8 Å². The molecule has 1 saturated heterocycles. The van der Waals surface area contributed by atoms with Gasteiger partial charge in [-0.3, -0.25) is 0 Å². The Morgan fingerprint density at radius 2 is 1.87 bits per heavy atom. The number of benzene rings is 1. The lowest BCUT2D eigenvalue weighted by molar-refractivity contribution is -0.168. The third kappa shape index (κ3) is 3.41. The molecule has 0 spiro atoms. The van der Waals surface area contributed by atoms with Gasteiger partial charge >= 0.3 is 12.1 Å². The first kappa shape index (κ1) is 19.8. The van der Waals surface area contributed by atoms with Gasteiger partial charge in [0.25, 0.3) is 0 Å². The van der Waals surface area contributed by atoms with Crippen LogP contribution in [-0.2, 0) is 0 Å². The van der Waals surface area contributed by atoms with Gasteiger partial charge in [-0.25, -0.2) is 14.5 Å². The molecule has 5 rings (SSSR count). The monoisotopic (exact) mass is 430 g/mol. The minimum Gasteiger partial charge on any atom is -0.477 e. The lowest BCUT2D eigenvalue weighted by Gasteiger charge is -2.26. The lowest BCUT2D eigenvalue weighted by Crippen LogP contribution is -2.27. The molecule has 1 aromatic carbocycles. The summed E-state index contributed by atoms with van der Waals surface area (Å²) in [6.45, 7) is 0.0191. The Morgan fingerprint density at radius 1 is 1.13 bits per heavy atom. The highest BCUT2D eigenvalue weighted by Crippen LogP contribution is 2.44. The van der Waals surface area contributed by atoms with Crippen molar-refractivity contribution in [3.63, 3.8) is 0 Å². The number of aromatic carboxylic acids is 1. The highest BCUT2D eigenvalue weighted by atomic mass is 19.4. The Morgan fingerprint density at radius 3 is 2.45 bits per heavy atom. The number of nitrogens with zero attached hydrogens (tertiary/aromatic N) is 4. The van der Waals surface area contributed by atoms with Crippen molar-refractivity contribution in [3.05, 3.63) is 47.8 Å². The molecule has 1 saturated carbocycles. The number of para-hydroxylation sites is 1. The molecule has 162 valence electrons. The summed E-state index contributed by atoms with van der Waals surface area (Å²) >= 11 is 0. The normalized spacial score (nSPS) is 19.7. The van der Waals surface area contributed by atoms with Gasteiger partial charge in [-0.05, 0) is 37.5 Å². The number of fused-ring (bicyclic) bond motifs is 1. The summed E-state index contributed by atoms with van der Waals surface area (Å²) in [5, 5.41) is 15.1. The van der Waals surface area contributed by atoms with Crippen molar-refractivity contribution >= 4 is 22.7 Å². The van der Waals surface area contributed by atoms with Crippen molar-refractivity contribution in [2.24, 2.45) is 5.92 Å². The van der Waals surface area contributed by atoms with Gasteiger partial charge in [-0.1, -0.05) is 24.6 Å². The average molecular weight is 430 g/mol. The maximum Gasteiger partial charge on any atom is 0.393 e. The number of pyridine rings is 1. The topological polar surface area (TPSA) is 71.2 Å². The zero-order chi connectivity index (χ0) is 21.8. The van der Waals surface area contributed by atoms with E-state index in [1.807, 2.05) is 30.3 Å². The second-order valence-corrected chi connectivity index (χ2v) is 8.26. The van der Waals surface area contributed by atoms with Crippen molar-refractivity contribution in [1.82, 2.24) is 14.8 Å². The van der Waals surface area contributed by atoms with E-state index in [0.29, 0.717) is 16.7 Å². The van der Waals surface area contributed by atoms with Gasteiger partial charge in [0, 0.05) is 19.0 Å². The second kappa shape index (κ2) is 7.25. The average Bonchev–Trinajstić information content (AvgIpc) is 3.32. The number of hydrogen-bond acceptors (Lipinski definition) is 4. The minimum absolute atomic E-state index is 0.0126. The molecule has 31 heavy (non-hydrogen) atoms. The van der Waals surface area contributed by atoms with Gasteiger partial charge in [0.15, 0.2) is 11.3 Å². The first-order valence-electron chi connectivity index (χ1n) is 10.4. The number of rotatable bonds is 4. The predicted octanol–water partition coefficient (Wildman–Crippen LogP) is 4.77. The van der Waals surface area contributed by atoms with Gasteiger partial charge in [0.1, 0.15) is 0 Å². The van der Waals surface area contributed by atoms with E-state index >= 15 is 0 Å². The smallest absolute Gasteiger partial charge is 0.393 e. The van der Waals surface area contributed by atoms with Crippen LogP contribution in [0.15, 0.2) is 36.4 Å². The quantitative estimate of drug-likeness (QED) is 0.645. The molecule has 1 atom stereocenters. The lowest BCUT2D eigenvalue weighted by atomic mass is 9.82. The number of alkyl halides is 3. The van der Waals surface area contributed by atoms with Crippen LogP contribution in [0.5, 0.6) is 0 Å². The van der Waals surface area contributed by atoms with Crippen LogP contribution >= 0.6 is 0 Å². The molecule has 3 aromatic rings. The van der Waals surface area contributed by atoms with Gasteiger partial charge in [0.05, 0.1) is 28.4 Å². The van der Waals surface area contributed by atoms with E-state index in [2.05, 4.69) is 4.98 Å². The van der Waals surface area contributed by atoms with Crippen molar-refractivity contribution in [1.29, 1.82) is 0 Å². The summed E-state index contributed by atoms with van der Waals surface area (Å²) in [7, 11) is 0. The van der Waals surface area contributed by atoms with E-state index in [1.165, 1.54) is 6.07 Å². The van der Waals surface area contributed by atoms with Crippen LogP contribution in [0, 0.1) is 5.92 Å². The third-order valence-electron chi connectivity index (χ3n) is 6.35. The van der Waals surface area contributed by atoms with Gasteiger partial charge in [-0.2, -0.15) is 18.3 Å². The molecule has 9 heteroatoms. The standard InChI is InChI=1S/C22H21F3N4O2/c23-22(24,25)14-9-10-28(12-14)17-11-16(21(30)31)26-20-18(17)19(13-5-4-6-13)27-29(20)15-7-2-1-3-8-15/h1-3,7-8,11,13-14H,4-6,9-10,12H2,(H,30,31). The second-order valence-electron chi connectivity index (χ2n) is 8.26. The Balaban J connectivity index is 1.72. The molecule has 0 amide bonds. The Hall–Kier alpha value is -3.10. The molecule has 6 nitrogen and oxygen atoms in total. The molecular weight excluding hydrogens is 409 g/mol. The number of carboxylic acid groups (broad SMARTS) is 1.